The molecule has 0 atom stereocenters. The molecule has 0 spiro atoms. The molecule has 31 rings (SSSR count). The first kappa shape index (κ1) is 81.4. The van der Waals surface area contributed by atoms with Gasteiger partial charge in [0.25, 0.3) is 0 Å². The van der Waals surface area contributed by atoms with Crippen LogP contribution in [0.15, 0.2) is 462 Å². The second-order valence-electron chi connectivity index (χ2n) is 37.4. The third-order valence-electron chi connectivity index (χ3n) is 29.0. The maximum Gasteiger partial charge on any atom is 0.231 e. The molecule has 11 heterocycles. The Balaban J connectivity index is 0.000000102. The Bertz CT molecular complexity index is 10500. The molecule has 1 aliphatic carbocycles. The number of furan rings is 3. The van der Waals surface area contributed by atoms with Gasteiger partial charge in [-0.3, -0.25) is 0 Å². The lowest BCUT2D eigenvalue weighted by atomic mass is 9.80. The fourth-order valence-corrected chi connectivity index (χ4v) is 24.0. The van der Waals surface area contributed by atoms with Crippen LogP contribution >= 0.6 is 11.3 Å². The van der Waals surface area contributed by atoms with Gasteiger partial charge in [-0.2, -0.15) is 15.0 Å². The molecule has 0 N–H and O–H groups in total. The van der Waals surface area contributed by atoms with Crippen molar-refractivity contribution >= 4 is 185 Å². The largest absolute Gasteiger partial charge is 0.438 e. The van der Waals surface area contributed by atoms with E-state index in [-0.39, 0.29) is 5.41 Å². The highest BCUT2D eigenvalue weighted by molar-refractivity contribution is 7.26. The van der Waals surface area contributed by atoms with Gasteiger partial charge in [0, 0.05) is 141 Å². The SMILES string of the molecule is CC1(C)c2ccccc2-c2ccc3c(c21)c1ccccc1n3-c1ccc(-c2nc(-c3ccccc3)nc3oc4ccccc4c23)cc1.c1ccc(-c2nc(-c3ccc(-n4c5ccccc5c5c4ccc4c6ccccc6n(-c6ccccc6)c45)cc3)c3c(n2)oc2ccccc23)cc1.c1ccc(-c2nc(-c3ccc(-n4c5ccccc5c5c6sc7ccccc7c6ccc54)cc3)c3c(n2)oc2ccccc23)cc1. The monoisotopic (exact) mass is 1850 g/mol. The quantitative estimate of drug-likeness (QED) is 0.131. The molecule has 19 aromatic carbocycles. The molecule has 0 fully saturated rings. The van der Waals surface area contributed by atoms with Crippen LogP contribution in [0.1, 0.15) is 25.0 Å². The Kier molecular flexibility index (Phi) is 18.3. The van der Waals surface area contributed by atoms with Crippen molar-refractivity contribution in [1.29, 1.82) is 0 Å². The van der Waals surface area contributed by atoms with Gasteiger partial charge in [0.1, 0.15) is 16.7 Å². The standard InChI is InChI=1S/C46H28N4O.C43H29N3O.C40H23N3OS/c1-3-13-30(14-4-1)45-47-43(42-36-19-9-12-22-40(36)51-46(42)48-45)29-23-25-32(26-24-29)49-38-21-11-8-18-35(38)41-39(49)28-27-34-33-17-7-10-20-37(33)50(44(34)41)31-15-5-2-6-16-31;1-43(2)33-17-9-6-14-29(33)30-24-25-35-37(39(30)43)31-15-7-10-18-34(31)46(35)28-22-20-26(21-23-28)40-38-32-16-8-11-19-36(32)47-42(38)45-41(44-40)27-12-4-3-5-13-27;1-2-10-25(11-3-1)39-41-37(36-30-14-5-8-16-33(30)44-40(36)42-39)24-18-20-26(21-19-24)43-31-15-7-4-13-29(31)35-32(43)23-22-28-27-12-6-9-17-34(27)45-38(28)35/h1-28H;3-25H,1-2H3;1-23H. The second kappa shape index (κ2) is 32.2. The van der Waals surface area contributed by atoms with Crippen LogP contribution in [-0.4, -0.2) is 48.2 Å². The van der Waals surface area contributed by atoms with E-state index in [0.717, 1.165) is 133 Å². The zero-order chi connectivity index (χ0) is 94.2. The summed E-state index contributed by atoms with van der Waals surface area (Å²) in [6.07, 6.45) is 0. The van der Waals surface area contributed by atoms with E-state index in [1.165, 1.54) is 119 Å². The van der Waals surface area contributed by atoms with Crippen molar-refractivity contribution in [3.8, 4) is 102 Å². The summed E-state index contributed by atoms with van der Waals surface area (Å²) in [6.45, 7) is 4.73. The third kappa shape index (κ3) is 12.7. The van der Waals surface area contributed by atoms with Gasteiger partial charge < -0.3 is 31.5 Å². The molecule has 30 aromatic rings. The maximum absolute atomic E-state index is 6.30. The predicted molar refractivity (Wildman–Crippen MR) is 588 cm³/mol. The molecule has 143 heavy (non-hydrogen) atoms. The molecule has 14 heteroatoms. The Labute approximate surface area is 821 Å². The van der Waals surface area contributed by atoms with E-state index in [1.54, 1.807) is 0 Å². The van der Waals surface area contributed by atoms with Crippen molar-refractivity contribution in [3.05, 3.63) is 460 Å². The highest BCUT2D eigenvalue weighted by Gasteiger charge is 2.39. The fraction of sp³-hybridized carbons (Fsp3) is 0.0233. The number of nitrogens with zero attached hydrogens (tertiary/aromatic N) is 10. The minimum absolute atomic E-state index is 0.105. The third-order valence-corrected chi connectivity index (χ3v) is 30.2. The number of benzene rings is 19. The van der Waals surface area contributed by atoms with Crippen LogP contribution in [0.2, 0.25) is 0 Å². The summed E-state index contributed by atoms with van der Waals surface area (Å²) in [4.78, 5) is 30.1. The molecule has 0 bridgehead atoms. The van der Waals surface area contributed by atoms with Gasteiger partial charge in [0.05, 0.1) is 77.4 Å². The average Bonchev–Trinajstić information content (AvgIpc) is 1.54. The number of fused-ring (bicyclic) bond motifs is 30. The first-order valence-corrected chi connectivity index (χ1v) is 49.1. The molecule has 13 nitrogen and oxygen atoms in total. The van der Waals surface area contributed by atoms with E-state index in [4.69, 9.17) is 43.2 Å². The van der Waals surface area contributed by atoms with Gasteiger partial charge in [-0.15, -0.1) is 11.3 Å². The van der Waals surface area contributed by atoms with E-state index in [2.05, 4.69) is 335 Å². The lowest BCUT2D eigenvalue weighted by Gasteiger charge is -2.22. The van der Waals surface area contributed by atoms with Crippen LogP contribution in [0.4, 0.5) is 0 Å². The van der Waals surface area contributed by atoms with Gasteiger partial charge in [0.2, 0.25) is 17.1 Å². The molecule has 0 saturated carbocycles. The average molecular weight is 1850 g/mol. The summed E-state index contributed by atoms with van der Waals surface area (Å²) in [5.74, 6) is 1.94. The molecule has 1 aliphatic rings. The van der Waals surface area contributed by atoms with Crippen molar-refractivity contribution in [2.45, 2.75) is 19.3 Å². The van der Waals surface area contributed by atoms with Gasteiger partial charge in [-0.05, 0) is 138 Å². The number of hydrogen-bond acceptors (Lipinski definition) is 10. The minimum atomic E-state index is -0.105. The van der Waals surface area contributed by atoms with Gasteiger partial charge in [-0.25, -0.2) is 15.0 Å². The van der Waals surface area contributed by atoms with Crippen molar-refractivity contribution in [2.75, 3.05) is 0 Å². The van der Waals surface area contributed by atoms with Crippen LogP contribution in [-0.2, 0) is 5.41 Å². The Morgan fingerprint density at radius 3 is 1.01 bits per heavy atom. The van der Waals surface area contributed by atoms with Gasteiger partial charge >= 0.3 is 0 Å². The minimum Gasteiger partial charge on any atom is -0.438 e. The zero-order valence-electron chi connectivity index (χ0n) is 77.3. The van der Waals surface area contributed by atoms with E-state index < -0.39 is 0 Å². The van der Waals surface area contributed by atoms with Crippen LogP contribution in [0, 0.1) is 0 Å². The summed E-state index contributed by atoms with van der Waals surface area (Å²) >= 11 is 1.88. The Morgan fingerprint density at radius 1 is 0.217 bits per heavy atom. The molecule has 0 aliphatic heterocycles. The van der Waals surface area contributed by atoms with E-state index in [9.17, 15) is 0 Å². The van der Waals surface area contributed by atoms with E-state index in [1.807, 2.05) is 157 Å². The van der Waals surface area contributed by atoms with Crippen LogP contribution in [0.25, 0.3) is 275 Å². The number of para-hydroxylation sites is 8. The molecule has 0 unspecified atom stereocenters. The summed E-state index contributed by atoms with van der Waals surface area (Å²) < 4.78 is 31.1. The van der Waals surface area contributed by atoms with Crippen molar-refractivity contribution in [2.24, 2.45) is 0 Å². The topological polar surface area (TPSA) is 136 Å². The Morgan fingerprint density at radius 2 is 0.552 bits per heavy atom. The first-order valence-electron chi connectivity index (χ1n) is 48.3. The fourth-order valence-electron chi connectivity index (χ4n) is 22.7. The number of hydrogen-bond donors (Lipinski definition) is 0. The van der Waals surface area contributed by atoms with Crippen LogP contribution < -0.4 is 0 Å². The van der Waals surface area contributed by atoms with Crippen molar-refractivity contribution in [3.63, 3.8) is 0 Å². The normalized spacial score (nSPS) is 12.5. The van der Waals surface area contributed by atoms with Gasteiger partial charge in [-0.1, -0.05) is 347 Å². The lowest BCUT2D eigenvalue weighted by Crippen LogP contribution is -2.15. The first-order chi connectivity index (χ1) is 70.7. The molecule has 670 valence electrons. The summed E-state index contributed by atoms with van der Waals surface area (Å²) in [6, 6.07) is 158. The summed E-state index contributed by atoms with van der Waals surface area (Å²) in [5.41, 5.74) is 32.1. The molecule has 0 amide bonds. The highest BCUT2D eigenvalue weighted by Crippen LogP contribution is 2.55. The highest BCUT2D eigenvalue weighted by atomic mass is 32.1. The lowest BCUT2D eigenvalue weighted by molar-refractivity contribution is 0.653. The van der Waals surface area contributed by atoms with Crippen LogP contribution in [0.3, 0.4) is 0 Å². The van der Waals surface area contributed by atoms with Crippen molar-refractivity contribution in [1.82, 2.24) is 48.2 Å². The van der Waals surface area contributed by atoms with Gasteiger partial charge in [0.15, 0.2) is 17.5 Å². The smallest absolute Gasteiger partial charge is 0.231 e. The number of aromatic nitrogens is 10. The number of thiophene rings is 1. The summed E-state index contributed by atoms with van der Waals surface area (Å²) in [5, 5.41) is 18.6. The van der Waals surface area contributed by atoms with Crippen molar-refractivity contribution < 1.29 is 13.3 Å². The zero-order valence-corrected chi connectivity index (χ0v) is 78.1. The molecule has 0 saturated heterocycles. The second-order valence-corrected chi connectivity index (χ2v) is 38.4. The number of rotatable bonds is 10. The Hall–Kier alpha value is -18.8. The van der Waals surface area contributed by atoms with E-state index in [0.29, 0.717) is 34.6 Å². The molecular weight excluding hydrogens is 1770 g/mol. The molecule has 0 radical (unpaired) electrons. The predicted octanol–water partition coefficient (Wildman–Crippen LogP) is 34.2. The van der Waals surface area contributed by atoms with E-state index >= 15 is 0 Å². The molecule has 11 aromatic heterocycles. The summed E-state index contributed by atoms with van der Waals surface area (Å²) in [7, 11) is 0. The maximum atomic E-state index is 6.30. The van der Waals surface area contributed by atoms with Crippen LogP contribution in [0.5, 0.6) is 0 Å². The molecular formula is C129H80N10O3S.